The number of benzene rings is 1. The minimum Gasteiger partial charge on any atom is -0.497 e. The van der Waals surface area contributed by atoms with Crippen LogP contribution in [0.3, 0.4) is 0 Å². The Labute approximate surface area is 102 Å². The van der Waals surface area contributed by atoms with Gasteiger partial charge in [-0.25, -0.2) is 0 Å². The fourth-order valence-corrected chi connectivity index (χ4v) is 1.92. The molecule has 0 aliphatic carbocycles. The van der Waals surface area contributed by atoms with Gasteiger partial charge in [0.1, 0.15) is 18.1 Å². The number of hydrogen-bond donors (Lipinski definition) is 1. The largest absolute Gasteiger partial charge is 0.497 e. The minimum absolute atomic E-state index is 0.205. The van der Waals surface area contributed by atoms with E-state index in [9.17, 15) is 0 Å². The van der Waals surface area contributed by atoms with Crippen molar-refractivity contribution < 1.29 is 14.2 Å². The summed E-state index contributed by atoms with van der Waals surface area (Å²) in [5.41, 5.74) is 6.39. The van der Waals surface area contributed by atoms with Gasteiger partial charge in [0.15, 0.2) is 0 Å². The van der Waals surface area contributed by atoms with E-state index in [2.05, 4.69) is 0 Å². The molecule has 0 bridgehead atoms. The molecule has 1 atom stereocenters. The van der Waals surface area contributed by atoms with Crippen molar-refractivity contribution in [3.8, 4) is 11.5 Å². The van der Waals surface area contributed by atoms with Gasteiger partial charge in [0.05, 0.1) is 13.2 Å². The molecule has 2 N–H and O–H groups in total. The number of hydrogen-bond acceptors (Lipinski definition) is 4. The van der Waals surface area contributed by atoms with Gasteiger partial charge in [-0.2, -0.15) is 0 Å². The van der Waals surface area contributed by atoms with Crippen molar-refractivity contribution in [2.45, 2.75) is 25.4 Å². The van der Waals surface area contributed by atoms with Crippen molar-refractivity contribution in [3.63, 3.8) is 0 Å². The van der Waals surface area contributed by atoms with Gasteiger partial charge in [0, 0.05) is 30.5 Å². The molecule has 94 valence electrons. The highest BCUT2D eigenvalue weighted by molar-refractivity contribution is 5.50. The first-order valence-electron chi connectivity index (χ1n) is 5.97. The van der Waals surface area contributed by atoms with Crippen LogP contribution < -0.4 is 15.2 Å². The zero-order valence-corrected chi connectivity index (χ0v) is 10.1. The monoisotopic (exact) mass is 237 g/mol. The van der Waals surface area contributed by atoms with E-state index in [-0.39, 0.29) is 6.10 Å². The predicted octanol–water partition coefficient (Wildman–Crippen LogP) is 2.23. The van der Waals surface area contributed by atoms with Gasteiger partial charge in [-0.3, -0.25) is 0 Å². The van der Waals surface area contributed by atoms with Crippen LogP contribution in [0.15, 0.2) is 18.2 Å². The number of anilines is 1. The Morgan fingerprint density at radius 1 is 1.29 bits per heavy atom. The molecule has 17 heavy (non-hydrogen) atoms. The quantitative estimate of drug-likeness (QED) is 0.816. The third-order valence-corrected chi connectivity index (χ3v) is 2.85. The number of rotatable bonds is 4. The second-order valence-electron chi connectivity index (χ2n) is 4.24. The molecule has 1 aliphatic heterocycles. The van der Waals surface area contributed by atoms with Gasteiger partial charge >= 0.3 is 0 Å². The van der Waals surface area contributed by atoms with E-state index in [1.807, 2.05) is 6.07 Å². The molecule has 1 aromatic carbocycles. The molecule has 4 nitrogen and oxygen atoms in total. The van der Waals surface area contributed by atoms with Crippen molar-refractivity contribution in [2.75, 3.05) is 26.1 Å². The molecule has 2 rings (SSSR count). The molecule has 1 fully saturated rings. The predicted molar refractivity (Wildman–Crippen MR) is 66.5 cm³/mol. The summed E-state index contributed by atoms with van der Waals surface area (Å²) >= 11 is 0. The first-order chi connectivity index (χ1) is 8.28. The fourth-order valence-electron chi connectivity index (χ4n) is 1.92. The second kappa shape index (κ2) is 5.77. The van der Waals surface area contributed by atoms with Crippen molar-refractivity contribution in [1.29, 1.82) is 0 Å². The third kappa shape index (κ3) is 3.53. The van der Waals surface area contributed by atoms with E-state index in [0.29, 0.717) is 18.0 Å². The summed E-state index contributed by atoms with van der Waals surface area (Å²) in [5, 5.41) is 0. The Kier molecular flexibility index (Phi) is 4.09. The van der Waals surface area contributed by atoms with Crippen LogP contribution in [-0.2, 0) is 4.74 Å². The molecule has 1 aliphatic rings. The summed E-state index contributed by atoms with van der Waals surface area (Å²) in [6.07, 6.45) is 3.65. The molecule has 1 saturated heterocycles. The lowest BCUT2D eigenvalue weighted by Gasteiger charge is -2.22. The first-order valence-corrected chi connectivity index (χ1v) is 5.97. The Morgan fingerprint density at radius 3 is 2.82 bits per heavy atom. The Bertz CT molecular complexity index is 362. The van der Waals surface area contributed by atoms with Crippen LogP contribution in [0.1, 0.15) is 19.3 Å². The van der Waals surface area contributed by atoms with Gasteiger partial charge in [0.25, 0.3) is 0 Å². The Hall–Kier alpha value is -1.42. The smallest absolute Gasteiger partial charge is 0.125 e. The van der Waals surface area contributed by atoms with E-state index >= 15 is 0 Å². The summed E-state index contributed by atoms with van der Waals surface area (Å²) in [7, 11) is 1.61. The average Bonchev–Trinajstić information content (AvgIpc) is 2.37. The molecule has 0 radical (unpaired) electrons. The lowest BCUT2D eigenvalue weighted by Crippen LogP contribution is -2.25. The van der Waals surface area contributed by atoms with Crippen LogP contribution in [0.4, 0.5) is 5.69 Å². The van der Waals surface area contributed by atoms with Crippen LogP contribution in [0.5, 0.6) is 11.5 Å². The van der Waals surface area contributed by atoms with Gasteiger partial charge in [-0.05, 0) is 19.3 Å². The maximum atomic E-state index is 5.75. The molecular weight excluding hydrogens is 218 g/mol. The Morgan fingerprint density at radius 2 is 2.12 bits per heavy atom. The van der Waals surface area contributed by atoms with Crippen LogP contribution in [0, 0.1) is 0 Å². The zero-order chi connectivity index (χ0) is 12.1. The summed E-state index contributed by atoms with van der Waals surface area (Å²) in [6.45, 7) is 1.42. The standard InChI is InChI=1S/C13H19NO3/c1-15-12-6-10(14)7-13(8-12)17-9-11-4-2-3-5-16-11/h6-8,11H,2-5,9,14H2,1H3/t11-/m1/s1. The van der Waals surface area contributed by atoms with Crippen molar-refractivity contribution in [1.82, 2.24) is 0 Å². The van der Waals surface area contributed by atoms with Crippen LogP contribution in [0.2, 0.25) is 0 Å². The second-order valence-corrected chi connectivity index (χ2v) is 4.24. The number of methoxy groups -OCH3 is 1. The molecule has 0 unspecified atom stereocenters. The summed E-state index contributed by atoms with van der Waals surface area (Å²) < 4.78 is 16.4. The van der Waals surface area contributed by atoms with Crippen molar-refractivity contribution in [2.24, 2.45) is 0 Å². The van der Waals surface area contributed by atoms with Crippen LogP contribution >= 0.6 is 0 Å². The maximum Gasteiger partial charge on any atom is 0.125 e. The third-order valence-electron chi connectivity index (χ3n) is 2.85. The molecule has 0 saturated carbocycles. The minimum atomic E-state index is 0.205. The number of ether oxygens (including phenoxy) is 3. The van der Waals surface area contributed by atoms with Gasteiger partial charge in [-0.15, -0.1) is 0 Å². The van der Waals surface area contributed by atoms with Crippen molar-refractivity contribution in [3.05, 3.63) is 18.2 Å². The summed E-state index contributed by atoms with van der Waals surface area (Å²) in [6, 6.07) is 5.40. The first kappa shape index (κ1) is 12.0. The van der Waals surface area contributed by atoms with Crippen LogP contribution in [-0.4, -0.2) is 26.4 Å². The average molecular weight is 237 g/mol. The van der Waals surface area contributed by atoms with E-state index in [1.54, 1.807) is 19.2 Å². The topological polar surface area (TPSA) is 53.7 Å². The highest BCUT2D eigenvalue weighted by Gasteiger charge is 2.14. The van der Waals surface area contributed by atoms with Gasteiger partial charge in [0.2, 0.25) is 0 Å². The van der Waals surface area contributed by atoms with Gasteiger partial charge < -0.3 is 19.9 Å². The van der Waals surface area contributed by atoms with E-state index < -0.39 is 0 Å². The van der Waals surface area contributed by atoms with Crippen LogP contribution in [0.25, 0.3) is 0 Å². The van der Waals surface area contributed by atoms with E-state index in [0.717, 1.165) is 25.2 Å². The molecule has 1 heterocycles. The molecule has 1 aromatic rings. The highest BCUT2D eigenvalue weighted by atomic mass is 16.5. The maximum absolute atomic E-state index is 5.75. The van der Waals surface area contributed by atoms with Crippen molar-refractivity contribution >= 4 is 5.69 Å². The van der Waals surface area contributed by atoms with Gasteiger partial charge in [-0.1, -0.05) is 0 Å². The zero-order valence-electron chi connectivity index (χ0n) is 10.1. The highest BCUT2D eigenvalue weighted by Crippen LogP contribution is 2.24. The molecular formula is C13H19NO3. The molecule has 0 aromatic heterocycles. The summed E-state index contributed by atoms with van der Waals surface area (Å²) in [4.78, 5) is 0. The number of nitrogen functional groups attached to an aromatic ring is 1. The SMILES string of the molecule is COc1cc(N)cc(OC[C@H]2CCCCO2)c1. The molecule has 0 spiro atoms. The fraction of sp³-hybridized carbons (Fsp3) is 0.538. The Balaban J connectivity index is 1.91. The molecule has 0 amide bonds. The molecule has 4 heteroatoms. The summed E-state index contributed by atoms with van der Waals surface area (Å²) in [5.74, 6) is 1.44. The lowest BCUT2D eigenvalue weighted by molar-refractivity contribution is -0.0110. The number of nitrogens with two attached hydrogens (primary N) is 1. The van der Waals surface area contributed by atoms with E-state index in [4.69, 9.17) is 19.9 Å². The normalized spacial score (nSPS) is 19.9. The lowest BCUT2D eigenvalue weighted by atomic mass is 10.1. The van der Waals surface area contributed by atoms with E-state index in [1.165, 1.54) is 6.42 Å².